The highest BCUT2D eigenvalue weighted by Gasteiger charge is 2.51. The topological polar surface area (TPSA) is 47.6 Å². The number of carbonyl (C=O) groups excluding carboxylic acids is 1. The molecule has 1 amide bonds. The molecule has 1 aromatic carbocycles. The Morgan fingerprint density at radius 2 is 1.83 bits per heavy atom. The smallest absolute Gasteiger partial charge is 0.399 e. The third kappa shape index (κ3) is 3.15. The molecule has 4 nitrogen and oxygen atoms in total. The number of amides is 1. The van der Waals surface area contributed by atoms with Gasteiger partial charge in [-0.3, -0.25) is 4.79 Å². The number of benzene rings is 1. The second-order valence-corrected chi connectivity index (χ2v) is 7.84. The van der Waals surface area contributed by atoms with Gasteiger partial charge in [0, 0.05) is 6.04 Å². The van der Waals surface area contributed by atoms with E-state index >= 15 is 0 Å². The monoisotopic (exact) mass is 335 g/mol. The number of rotatable bonds is 3. The normalized spacial score (nSPS) is 22.7. The van der Waals surface area contributed by atoms with E-state index in [1.165, 1.54) is 6.42 Å². The summed E-state index contributed by atoms with van der Waals surface area (Å²) in [6, 6.07) is 5.65. The third-order valence-electron chi connectivity index (χ3n) is 5.20. The quantitative estimate of drug-likeness (QED) is 0.864. The molecule has 0 unspecified atom stereocenters. The van der Waals surface area contributed by atoms with Gasteiger partial charge in [-0.15, -0.1) is 0 Å². The lowest BCUT2D eigenvalue weighted by atomic mass is 9.79. The largest absolute Gasteiger partial charge is 0.494 e. The summed E-state index contributed by atoms with van der Waals surface area (Å²) < 4.78 is 12.0. The van der Waals surface area contributed by atoms with Crippen molar-refractivity contribution in [3.05, 3.63) is 28.8 Å². The number of carbonyl (C=O) groups is 1. The lowest BCUT2D eigenvalue weighted by molar-refractivity contribution is 0.00578. The molecule has 124 valence electrons. The number of halogens is 1. The maximum atomic E-state index is 12.2. The zero-order valence-electron chi connectivity index (χ0n) is 14.1. The van der Waals surface area contributed by atoms with Crippen LogP contribution in [0.5, 0.6) is 0 Å². The van der Waals surface area contributed by atoms with Crippen LogP contribution in [0.15, 0.2) is 18.2 Å². The summed E-state index contributed by atoms with van der Waals surface area (Å²) in [5.41, 5.74) is 0.530. The number of nitrogens with one attached hydrogen (secondary N) is 1. The van der Waals surface area contributed by atoms with E-state index < -0.39 is 18.3 Å². The molecule has 1 N–H and O–H groups in total. The SMILES string of the molecule is CC1(C)OB(c2ccc(C(=O)NC3CCC3)c(Cl)c2)OC1(C)C. The third-order valence-corrected chi connectivity index (χ3v) is 5.52. The first kappa shape index (κ1) is 16.8. The van der Waals surface area contributed by atoms with Gasteiger partial charge in [-0.2, -0.15) is 0 Å². The van der Waals surface area contributed by atoms with Gasteiger partial charge in [0.1, 0.15) is 0 Å². The second kappa shape index (κ2) is 5.80. The second-order valence-electron chi connectivity index (χ2n) is 7.43. The molecular weight excluding hydrogens is 312 g/mol. The molecule has 1 saturated carbocycles. The Balaban J connectivity index is 1.76. The highest BCUT2D eigenvalue weighted by molar-refractivity contribution is 6.62. The molecule has 1 aromatic rings. The van der Waals surface area contributed by atoms with E-state index in [0.29, 0.717) is 16.6 Å². The summed E-state index contributed by atoms with van der Waals surface area (Å²) >= 11 is 6.32. The van der Waals surface area contributed by atoms with Crippen LogP contribution in [0.2, 0.25) is 5.02 Å². The van der Waals surface area contributed by atoms with Crippen molar-refractivity contribution in [1.29, 1.82) is 0 Å². The number of hydrogen-bond acceptors (Lipinski definition) is 3. The molecule has 1 heterocycles. The van der Waals surface area contributed by atoms with Gasteiger partial charge in [-0.1, -0.05) is 17.7 Å². The van der Waals surface area contributed by atoms with E-state index in [0.717, 1.165) is 18.3 Å². The van der Waals surface area contributed by atoms with Gasteiger partial charge in [0.2, 0.25) is 0 Å². The van der Waals surface area contributed by atoms with Gasteiger partial charge in [-0.05, 0) is 64.6 Å². The molecule has 1 aliphatic carbocycles. The first-order valence-electron chi connectivity index (χ1n) is 8.15. The van der Waals surface area contributed by atoms with E-state index in [1.807, 2.05) is 33.8 Å². The summed E-state index contributed by atoms with van der Waals surface area (Å²) in [5, 5.41) is 3.43. The van der Waals surface area contributed by atoms with Crippen LogP contribution < -0.4 is 10.8 Å². The summed E-state index contributed by atoms with van der Waals surface area (Å²) in [6.07, 6.45) is 3.28. The van der Waals surface area contributed by atoms with Gasteiger partial charge in [0.05, 0.1) is 21.8 Å². The lowest BCUT2D eigenvalue weighted by Crippen LogP contribution is -2.41. The zero-order valence-corrected chi connectivity index (χ0v) is 14.9. The number of hydrogen-bond donors (Lipinski definition) is 1. The molecule has 1 saturated heterocycles. The molecule has 0 aromatic heterocycles. The minimum Gasteiger partial charge on any atom is -0.399 e. The molecule has 2 fully saturated rings. The fraction of sp³-hybridized carbons (Fsp3) is 0.588. The minimum absolute atomic E-state index is 0.111. The fourth-order valence-corrected chi connectivity index (χ4v) is 2.93. The van der Waals surface area contributed by atoms with Crippen LogP contribution in [0.1, 0.15) is 57.3 Å². The predicted molar refractivity (Wildman–Crippen MR) is 92.3 cm³/mol. The average molecular weight is 336 g/mol. The van der Waals surface area contributed by atoms with Crippen LogP contribution in [0, 0.1) is 0 Å². The van der Waals surface area contributed by atoms with E-state index in [9.17, 15) is 4.79 Å². The van der Waals surface area contributed by atoms with E-state index in [1.54, 1.807) is 12.1 Å². The van der Waals surface area contributed by atoms with Crippen molar-refractivity contribution in [2.75, 3.05) is 0 Å². The van der Waals surface area contributed by atoms with Crippen LogP contribution in [0.25, 0.3) is 0 Å². The average Bonchev–Trinajstić information content (AvgIpc) is 2.62. The maximum absolute atomic E-state index is 12.2. The molecule has 0 atom stereocenters. The maximum Gasteiger partial charge on any atom is 0.494 e. The molecule has 6 heteroatoms. The molecule has 3 rings (SSSR count). The van der Waals surface area contributed by atoms with Gasteiger partial charge in [0.25, 0.3) is 5.91 Å². The molecule has 2 aliphatic rings. The van der Waals surface area contributed by atoms with Crippen molar-refractivity contribution in [1.82, 2.24) is 5.32 Å². The van der Waals surface area contributed by atoms with Crippen LogP contribution in [-0.4, -0.2) is 30.3 Å². The first-order valence-corrected chi connectivity index (χ1v) is 8.53. The Morgan fingerprint density at radius 1 is 1.22 bits per heavy atom. The standard InChI is InChI=1S/C17H23BClNO3/c1-16(2)17(3,4)23-18(22-16)11-8-9-13(14(19)10-11)15(21)20-12-6-5-7-12/h8-10,12H,5-7H2,1-4H3,(H,20,21). The van der Waals surface area contributed by atoms with Crippen molar-refractivity contribution in [3.63, 3.8) is 0 Å². The van der Waals surface area contributed by atoms with Crippen LogP contribution >= 0.6 is 11.6 Å². The fourth-order valence-electron chi connectivity index (χ4n) is 2.66. The Bertz CT molecular complexity index is 612. The molecule has 0 spiro atoms. The summed E-state index contributed by atoms with van der Waals surface area (Å²) in [5.74, 6) is -0.111. The van der Waals surface area contributed by atoms with Crippen molar-refractivity contribution < 1.29 is 14.1 Å². The van der Waals surface area contributed by atoms with Crippen molar-refractivity contribution >= 4 is 30.1 Å². The highest BCUT2D eigenvalue weighted by Crippen LogP contribution is 2.36. The Morgan fingerprint density at radius 3 is 2.30 bits per heavy atom. The predicted octanol–water partition coefficient (Wildman–Crippen LogP) is 2.92. The van der Waals surface area contributed by atoms with Gasteiger partial charge in [0.15, 0.2) is 0 Å². The summed E-state index contributed by atoms with van der Waals surface area (Å²) in [6.45, 7) is 8.04. The van der Waals surface area contributed by atoms with Crippen molar-refractivity contribution in [2.45, 2.75) is 64.2 Å². The van der Waals surface area contributed by atoms with E-state index in [4.69, 9.17) is 20.9 Å². The molecular formula is C17H23BClNO3. The van der Waals surface area contributed by atoms with E-state index in [-0.39, 0.29) is 5.91 Å². The van der Waals surface area contributed by atoms with E-state index in [2.05, 4.69) is 5.32 Å². The lowest BCUT2D eigenvalue weighted by Gasteiger charge is -2.32. The highest BCUT2D eigenvalue weighted by atomic mass is 35.5. The molecule has 23 heavy (non-hydrogen) atoms. The van der Waals surface area contributed by atoms with Crippen molar-refractivity contribution in [2.24, 2.45) is 0 Å². The van der Waals surface area contributed by atoms with Gasteiger partial charge >= 0.3 is 7.12 Å². The Kier molecular flexibility index (Phi) is 4.24. The van der Waals surface area contributed by atoms with Gasteiger partial charge in [-0.25, -0.2) is 0 Å². The zero-order chi connectivity index (χ0) is 16.8. The molecule has 0 bridgehead atoms. The minimum atomic E-state index is -0.471. The first-order chi connectivity index (χ1) is 10.7. The van der Waals surface area contributed by atoms with Crippen LogP contribution in [0.3, 0.4) is 0 Å². The van der Waals surface area contributed by atoms with Crippen LogP contribution in [-0.2, 0) is 9.31 Å². The summed E-state index contributed by atoms with van der Waals surface area (Å²) in [7, 11) is -0.471. The van der Waals surface area contributed by atoms with Gasteiger partial charge < -0.3 is 14.6 Å². The summed E-state index contributed by atoms with van der Waals surface area (Å²) in [4.78, 5) is 12.2. The Labute approximate surface area is 143 Å². The molecule has 0 radical (unpaired) electrons. The molecule has 1 aliphatic heterocycles. The Hall–Kier alpha value is -1.04. The van der Waals surface area contributed by atoms with Crippen molar-refractivity contribution in [3.8, 4) is 0 Å². The van der Waals surface area contributed by atoms with Crippen LogP contribution in [0.4, 0.5) is 0 Å².